The van der Waals surface area contributed by atoms with Crippen LogP contribution >= 0.6 is 14.9 Å². The third-order valence-electron chi connectivity index (χ3n) is 0.350. The van der Waals surface area contributed by atoms with Crippen LogP contribution in [-0.2, 0) is 4.57 Å². The molecule has 8 heteroatoms. The molecular weight excluding hydrogens is 158 g/mol. The van der Waals surface area contributed by atoms with E-state index >= 15 is 0 Å². The van der Waals surface area contributed by atoms with Crippen molar-refractivity contribution in [3.8, 4) is 0 Å². The van der Waals surface area contributed by atoms with Gasteiger partial charge in [-0.15, -0.1) is 0 Å². The number of hydrogen-bond donors (Lipinski definition) is 5. The van der Waals surface area contributed by atoms with E-state index in [9.17, 15) is 4.57 Å². The summed E-state index contributed by atoms with van der Waals surface area (Å²) >= 11 is 0. The van der Waals surface area contributed by atoms with Gasteiger partial charge in [-0.05, 0) is 0 Å². The van der Waals surface area contributed by atoms with Crippen LogP contribution in [0.25, 0.3) is 0 Å². The maximum absolute atomic E-state index is 9.65. The minimum atomic E-state index is -5.07. The Kier molecular flexibility index (Phi) is 2.12. The zero-order valence-corrected chi connectivity index (χ0v) is 5.33. The van der Waals surface area contributed by atoms with Gasteiger partial charge in [0.25, 0.3) is 0 Å². The molecule has 0 atom stereocenters. The van der Waals surface area contributed by atoms with E-state index in [2.05, 4.69) is 0 Å². The van der Waals surface area contributed by atoms with Crippen molar-refractivity contribution in [2.24, 2.45) is 0 Å². The largest absolute Gasteiger partial charge is 0.555 e. The van der Waals surface area contributed by atoms with Crippen LogP contribution in [-0.4, -0.2) is 24.5 Å². The smallest absolute Gasteiger partial charge is 0.289 e. The summed E-state index contributed by atoms with van der Waals surface area (Å²) in [6, 6.07) is 0. The van der Waals surface area contributed by atoms with E-state index in [1.165, 1.54) is 0 Å². The Labute approximate surface area is 45.0 Å². The molecule has 0 aliphatic carbocycles. The number of hydrogen-bond acceptors (Lipinski definition) is 4. The highest BCUT2D eigenvalue weighted by atomic mass is 32.1. The summed E-state index contributed by atoms with van der Waals surface area (Å²) in [5.74, 6) is 0. The third kappa shape index (κ3) is 2.15. The molecule has 0 saturated heterocycles. The van der Waals surface area contributed by atoms with Gasteiger partial charge in [0.1, 0.15) is 0 Å². The molecule has 0 aromatic carbocycles. The third-order valence-corrected chi connectivity index (χ3v) is 3.15. The Morgan fingerprint density at radius 2 is 1.25 bits per heavy atom. The molecular formula is H5O6P2+. The first-order chi connectivity index (χ1) is 3.25. The van der Waals surface area contributed by atoms with Crippen molar-refractivity contribution in [1.82, 2.24) is 0 Å². The standard InChI is InChI=1S/H4O6P2/c1-7(2,3)8(4,5)6/h1-3H,(H-,4,5,6)/p+1. The van der Waals surface area contributed by atoms with Gasteiger partial charge in [0.2, 0.25) is 0 Å². The second-order valence-corrected chi connectivity index (χ2v) is 6.32. The molecule has 5 N–H and O–H groups in total. The fourth-order valence-corrected chi connectivity index (χ4v) is 0. The lowest BCUT2D eigenvalue weighted by Crippen LogP contribution is -1.87. The molecule has 6 nitrogen and oxygen atoms in total. The summed E-state index contributed by atoms with van der Waals surface area (Å²) in [5.41, 5.74) is 0. The van der Waals surface area contributed by atoms with Gasteiger partial charge in [-0.2, -0.15) is 14.7 Å². The summed E-state index contributed by atoms with van der Waals surface area (Å²) in [7, 11) is -10.0. The van der Waals surface area contributed by atoms with Crippen molar-refractivity contribution in [2.75, 3.05) is 0 Å². The lowest BCUT2D eigenvalue weighted by atomic mass is 15.8. The van der Waals surface area contributed by atoms with Crippen LogP contribution in [0.4, 0.5) is 0 Å². The van der Waals surface area contributed by atoms with Gasteiger partial charge in [0.05, 0.1) is 0 Å². The summed E-state index contributed by atoms with van der Waals surface area (Å²) in [6.07, 6.45) is 0. The van der Waals surface area contributed by atoms with Crippen LogP contribution in [0.5, 0.6) is 0 Å². The average Bonchev–Trinajstić information content (AvgIpc) is 1.25. The number of rotatable bonds is 1. The molecule has 0 aromatic rings. The van der Waals surface area contributed by atoms with E-state index in [0.717, 1.165) is 0 Å². The van der Waals surface area contributed by atoms with Crippen molar-refractivity contribution in [3.63, 3.8) is 0 Å². The van der Waals surface area contributed by atoms with Crippen LogP contribution in [0, 0.1) is 0 Å². The molecule has 0 heterocycles. The molecule has 0 bridgehead atoms. The Morgan fingerprint density at radius 1 is 1.12 bits per heavy atom. The van der Waals surface area contributed by atoms with Crippen LogP contribution in [0.3, 0.4) is 0 Å². The molecule has 0 radical (unpaired) electrons. The first-order valence-electron chi connectivity index (χ1n) is 1.38. The molecule has 50 valence electrons. The molecule has 0 unspecified atom stereocenters. The van der Waals surface area contributed by atoms with E-state index in [-0.39, 0.29) is 0 Å². The average molecular weight is 163 g/mol. The molecule has 0 spiro atoms. The molecule has 0 fully saturated rings. The Bertz CT molecular complexity index is 113. The molecule has 8 heavy (non-hydrogen) atoms. The van der Waals surface area contributed by atoms with Crippen LogP contribution in [0.1, 0.15) is 0 Å². The van der Waals surface area contributed by atoms with Gasteiger partial charge < -0.3 is 0 Å². The lowest BCUT2D eigenvalue weighted by Gasteiger charge is -2.01. The van der Waals surface area contributed by atoms with Crippen molar-refractivity contribution < 1.29 is 29.0 Å². The predicted octanol–water partition coefficient (Wildman–Crippen LogP) is -1.18. The fourth-order valence-electron chi connectivity index (χ4n) is 0. The molecule has 0 aliphatic heterocycles. The molecule has 0 saturated carbocycles. The molecule has 0 aliphatic rings. The zero-order valence-electron chi connectivity index (χ0n) is 3.54. The van der Waals surface area contributed by atoms with Gasteiger partial charge >= 0.3 is 14.9 Å². The van der Waals surface area contributed by atoms with E-state index in [0.29, 0.717) is 0 Å². The topological polar surface area (TPSA) is 118 Å². The SMILES string of the molecule is O=P(O)(O)[P+](O)(O)O. The summed E-state index contributed by atoms with van der Waals surface area (Å²) in [4.78, 5) is 39.0. The highest BCUT2D eigenvalue weighted by molar-refractivity contribution is 8.29. The minimum Gasteiger partial charge on any atom is -0.289 e. The van der Waals surface area contributed by atoms with Crippen molar-refractivity contribution in [3.05, 3.63) is 0 Å². The second-order valence-electron chi connectivity index (χ2n) is 1.05. The monoisotopic (exact) mass is 163 g/mol. The van der Waals surface area contributed by atoms with Gasteiger partial charge in [0.15, 0.2) is 0 Å². The van der Waals surface area contributed by atoms with Crippen LogP contribution in [0.15, 0.2) is 0 Å². The van der Waals surface area contributed by atoms with E-state index in [1.54, 1.807) is 0 Å². The van der Waals surface area contributed by atoms with Crippen molar-refractivity contribution in [2.45, 2.75) is 0 Å². The van der Waals surface area contributed by atoms with Gasteiger partial charge in [-0.1, -0.05) is 0 Å². The highest BCUT2D eigenvalue weighted by Gasteiger charge is 2.54. The normalized spacial score (nSPS) is 14.1. The van der Waals surface area contributed by atoms with Gasteiger partial charge in [-0.3, -0.25) is 9.79 Å². The first-order valence-corrected chi connectivity index (χ1v) is 5.35. The second kappa shape index (κ2) is 2.01. The van der Waals surface area contributed by atoms with E-state index < -0.39 is 14.9 Å². The predicted molar refractivity (Wildman–Crippen MR) is 25.6 cm³/mol. The minimum absolute atomic E-state index is 4.93. The summed E-state index contributed by atoms with van der Waals surface area (Å²) < 4.78 is 9.65. The van der Waals surface area contributed by atoms with E-state index in [1.807, 2.05) is 0 Å². The maximum Gasteiger partial charge on any atom is 0.555 e. The van der Waals surface area contributed by atoms with E-state index in [4.69, 9.17) is 24.5 Å². The van der Waals surface area contributed by atoms with Crippen LogP contribution in [0.2, 0.25) is 0 Å². The quantitative estimate of drug-likeness (QED) is 0.310. The maximum atomic E-state index is 9.65. The Morgan fingerprint density at radius 3 is 1.25 bits per heavy atom. The Balaban J connectivity index is 4.26. The summed E-state index contributed by atoms with van der Waals surface area (Å²) in [5, 5.41) is 0. The molecule has 0 aromatic heterocycles. The first kappa shape index (κ1) is 8.46. The summed E-state index contributed by atoms with van der Waals surface area (Å²) in [6.45, 7) is 0. The molecule has 0 rings (SSSR count). The lowest BCUT2D eigenvalue weighted by molar-refractivity contribution is 0.313. The van der Waals surface area contributed by atoms with Crippen LogP contribution < -0.4 is 0 Å². The fraction of sp³-hybridized carbons (Fsp3) is 0. The Hall–Kier alpha value is 0.460. The molecule has 0 amide bonds. The zero-order chi connectivity index (χ0) is 7.00. The van der Waals surface area contributed by atoms with Crippen molar-refractivity contribution >= 4 is 14.9 Å². The van der Waals surface area contributed by atoms with Crippen molar-refractivity contribution in [1.29, 1.82) is 0 Å². The van der Waals surface area contributed by atoms with Gasteiger partial charge in [0, 0.05) is 0 Å². The highest BCUT2D eigenvalue weighted by Crippen LogP contribution is 2.77. The van der Waals surface area contributed by atoms with Gasteiger partial charge in [-0.25, -0.2) is 4.57 Å².